The molecule has 1 unspecified atom stereocenters. The van der Waals surface area contributed by atoms with Crippen molar-refractivity contribution in [3.8, 4) is 11.5 Å². The fourth-order valence-electron chi connectivity index (χ4n) is 2.64. The molecule has 158 valence electrons. The highest BCUT2D eigenvalue weighted by molar-refractivity contribution is 8.02. The standard InChI is InChI=1S/C21H24N4O3S2/c1-12-7-6-8-18(13(12)2)23-20-24-25-21(30-20)29-14(3)19(26)22-15-9-16(27-4)11-17(10-15)28-5/h6-11,14H,1-5H3,(H,22,26)(H,23,24). The number of nitrogens with one attached hydrogen (secondary N) is 2. The van der Waals surface area contributed by atoms with Gasteiger partial charge in [0.15, 0.2) is 4.34 Å². The number of carbonyl (C=O) groups excluding carboxylic acids is 1. The summed E-state index contributed by atoms with van der Waals surface area (Å²) >= 11 is 2.78. The van der Waals surface area contributed by atoms with Crippen molar-refractivity contribution < 1.29 is 14.3 Å². The summed E-state index contributed by atoms with van der Waals surface area (Å²) in [5.74, 6) is 1.07. The summed E-state index contributed by atoms with van der Waals surface area (Å²) < 4.78 is 11.2. The summed E-state index contributed by atoms with van der Waals surface area (Å²) in [5.41, 5.74) is 3.99. The molecule has 0 aliphatic carbocycles. The van der Waals surface area contributed by atoms with E-state index in [0.717, 1.165) is 5.69 Å². The monoisotopic (exact) mass is 444 g/mol. The van der Waals surface area contributed by atoms with Crippen molar-refractivity contribution in [3.05, 3.63) is 47.5 Å². The van der Waals surface area contributed by atoms with E-state index in [1.165, 1.54) is 34.2 Å². The van der Waals surface area contributed by atoms with E-state index in [9.17, 15) is 4.79 Å². The predicted octanol–water partition coefficient (Wildman–Crippen LogP) is 5.04. The molecule has 30 heavy (non-hydrogen) atoms. The van der Waals surface area contributed by atoms with E-state index in [2.05, 4.69) is 40.7 Å². The highest BCUT2D eigenvalue weighted by Crippen LogP contribution is 2.32. The first-order chi connectivity index (χ1) is 14.4. The van der Waals surface area contributed by atoms with Crippen LogP contribution >= 0.6 is 23.1 Å². The Kier molecular flexibility index (Phi) is 7.17. The van der Waals surface area contributed by atoms with Crippen LogP contribution in [0.25, 0.3) is 0 Å². The number of aromatic nitrogens is 2. The Bertz CT molecular complexity index is 1020. The third-order valence-electron chi connectivity index (χ3n) is 4.52. The Morgan fingerprint density at radius 3 is 2.47 bits per heavy atom. The van der Waals surface area contributed by atoms with Crippen molar-refractivity contribution in [2.24, 2.45) is 0 Å². The van der Waals surface area contributed by atoms with Gasteiger partial charge in [-0.2, -0.15) is 0 Å². The van der Waals surface area contributed by atoms with Crippen LogP contribution in [-0.2, 0) is 4.79 Å². The lowest BCUT2D eigenvalue weighted by atomic mass is 10.1. The zero-order chi connectivity index (χ0) is 21.7. The second-order valence-electron chi connectivity index (χ2n) is 6.60. The SMILES string of the molecule is COc1cc(NC(=O)C(C)Sc2nnc(Nc3cccc(C)c3C)s2)cc(OC)c1. The Hall–Kier alpha value is -2.78. The molecule has 0 aliphatic heterocycles. The van der Waals surface area contributed by atoms with Gasteiger partial charge in [0.25, 0.3) is 0 Å². The first-order valence-electron chi connectivity index (χ1n) is 9.27. The summed E-state index contributed by atoms with van der Waals surface area (Å²) in [5, 5.41) is 14.9. The average Bonchev–Trinajstić information content (AvgIpc) is 3.17. The van der Waals surface area contributed by atoms with Crippen molar-refractivity contribution >= 4 is 45.5 Å². The van der Waals surface area contributed by atoms with E-state index in [-0.39, 0.29) is 11.2 Å². The minimum absolute atomic E-state index is 0.144. The average molecular weight is 445 g/mol. The fourth-order valence-corrected chi connectivity index (χ4v) is 4.55. The smallest absolute Gasteiger partial charge is 0.237 e. The van der Waals surface area contributed by atoms with E-state index in [0.29, 0.717) is 26.7 Å². The Morgan fingerprint density at radius 2 is 1.80 bits per heavy atom. The van der Waals surface area contributed by atoms with E-state index in [4.69, 9.17) is 9.47 Å². The number of aryl methyl sites for hydroxylation is 1. The molecule has 0 aliphatic rings. The number of hydrogen-bond acceptors (Lipinski definition) is 8. The van der Waals surface area contributed by atoms with Gasteiger partial charge in [-0.15, -0.1) is 10.2 Å². The van der Waals surface area contributed by atoms with Gasteiger partial charge in [-0.25, -0.2) is 0 Å². The van der Waals surface area contributed by atoms with Crippen LogP contribution in [0.4, 0.5) is 16.5 Å². The van der Waals surface area contributed by atoms with Gasteiger partial charge < -0.3 is 20.1 Å². The number of benzene rings is 2. The number of rotatable bonds is 8. The Morgan fingerprint density at radius 1 is 1.10 bits per heavy atom. The van der Waals surface area contributed by atoms with Gasteiger partial charge in [-0.3, -0.25) is 4.79 Å². The van der Waals surface area contributed by atoms with Gasteiger partial charge in [-0.05, 0) is 38.0 Å². The van der Waals surface area contributed by atoms with Crippen LogP contribution in [0.3, 0.4) is 0 Å². The van der Waals surface area contributed by atoms with Gasteiger partial charge in [0.05, 0.1) is 19.5 Å². The molecule has 0 radical (unpaired) electrons. The van der Waals surface area contributed by atoms with Crippen LogP contribution < -0.4 is 20.1 Å². The minimum Gasteiger partial charge on any atom is -0.497 e. The molecular formula is C21H24N4O3S2. The molecule has 1 atom stereocenters. The normalized spacial score (nSPS) is 11.6. The van der Waals surface area contributed by atoms with Crippen molar-refractivity contribution in [1.29, 1.82) is 0 Å². The molecule has 0 saturated heterocycles. The number of nitrogens with zero attached hydrogens (tertiary/aromatic N) is 2. The number of amides is 1. The summed E-state index contributed by atoms with van der Waals surface area (Å²) in [6, 6.07) is 11.3. The van der Waals surface area contributed by atoms with Gasteiger partial charge in [0.2, 0.25) is 11.0 Å². The topological polar surface area (TPSA) is 85.4 Å². The number of carbonyl (C=O) groups is 1. The zero-order valence-electron chi connectivity index (χ0n) is 17.5. The highest BCUT2D eigenvalue weighted by Gasteiger charge is 2.18. The summed E-state index contributed by atoms with van der Waals surface area (Å²) in [4.78, 5) is 12.6. The Balaban J connectivity index is 1.63. The van der Waals surface area contributed by atoms with E-state index in [1.807, 2.05) is 19.1 Å². The largest absolute Gasteiger partial charge is 0.497 e. The van der Waals surface area contributed by atoms with E-state index >= 15 is 0 Å². The number of anilines is 3. The maximum Gasteiger partial charge on any atom is 0.237 e. The van der Waals surface area contributed by atoms with Crippen LogP contribution in [0.15, 0.2) is 40.7 Å². The predicted molar refractivity (Wildman–Crippen MR) is 123 cm³/mol. The summed E-state index contributed by atoms with van der Waals surface area (Å²) in [6.45, 7) is 5.96. The molecular weight excluding hydrogens is 420 g/mol. The number of ether oxygens (including phenoxy) is 2. The lowest BCUT2D eigenvalue weighted by Gasteiger charge is -2.12. The second kappa shape index (κ2) is 9.82. The van der Waals surface area contributed by atoms with Crippen LogP contribution in [0, 0.1) is 13.8 Å². The molecule has 0 spiro atoms. The molecule has 3 rings (SSSR count). The molecule has 2 N–H and O–H groups in total. The van der Waals surface area contributed by atoms with Crippen molar-refractivity contribution in [2.75, 3.05) is 24.9 Å². The maximum atomic E-state index is 12.6. The fraction of sp³-hybridized carbons (Fsp3) is 0.286. The third kappa shape index (κ3) is 5.43. The van der Waals surface area contributed by atoms with E-state index in [1.54, 1.807) is 32.4 Å². The van der Waals surface area contributed by atoms with Crippen LogP contribution in [0.5, 0.6) is 11.5 Å². The van der Waals surface area contributed by atoms with Gasteiger partial charge in [0, 0.05) is 29.6 Å². The summed E-state index contributed by atoms with van der Waals surface area (Å²) in [6.07, 6.45) is 0. The first-order valence-corrected chi connectivity index (χ1v) is 11.0. The van der Waals surface area contributed by atoms with Crippen LogP contribution in [0.1, 0.15) is 18.1 Å². The second-order valence-corrected chi connectivity index (χ2v) is 9.16. The third-order valence-corrected chi connectivity index (χ3v) is 6.54. The highest BCUT2D eigenvalue weighted by atomic mass is 32.2. The molecule has 1 aromatic heterocycles. The zero-order valence-corrected chi connectivity index (χ0v) is 19.1. The Labute approximate surface area is 184 Å². The van der Waals surface area contributed by atoms with Crippen LogP contribution in [-0.4, -0.2) is 35.6 Å². The van der Waals surface area contributed by atoms with Crippen LogP contribution in [0.2, 0.25) is 0 Å². The summed E-state index contributed by atoms with van der Waals surface area (Å²) in [7, 11) is 3.14. The number of methoxy groups -OCH3 is 2. The lowest BCUT2D eigenvalue weighted by molar-refractivity contribution is -0.115. The molecule has 7 nitrogen and oxygen atoms in total. The van der Waals surface area contributed by atoms with Crippen molar-refractivity contribution in [3.63, 3.8) is 0 Å². The van der Waals surface area contributed by atoms with Crippen molar-refractivity contribution in [1.82, 2.24) is 10.2 Å². The molecule has 0 saturated carbocycles. The van der Waals surface area contributed by atoms with Crippen molar-refractivity contribution in [2.45, 2.75) is 30.4 Å². The number of thioether (sulfide) groups is 1. The molecule has 1 heterocycles. The molecule has 0 fully saturated rings. The first kappa shape index (κ1) is 21.9. The quantitative estimate of drug-likeness (QED) is 0.471. The lowest BCUT2D eigenvalue weighted by Crippen LogP contribution is -2.22. The van der Waals surface area contributed by atoms with Gasteiger partial charge >= 0.3 is 0 Å². The maximum absolute atomic E-state index is 12.6. The molecule has 0 bridgehead atoms. The molecule has 9 heteroatoms. The number of hydrogen-bond donors (Lipinski definition) is 2. The minimum atomic E-state index is -0.358. The van der Waals surface area contributed by atoms with E-state index < -0.39 is 0 Å². The molecule has 1 amide bonds. The molecule has 2 aromatic carbocycles. The van der Waals surface area contributed by atoms with Gasteiger partial charge in [-0.1, -0.05) is 35.2 Å². The van der Waals surface area contributed by atoms with Gasteiger partial charge in [0.1, 0.15) is 11.5 Å². The molecule has 3 aromatic rings.